The predicted molar refractivity (Wildman–Crippen MR) is 125 cm³/mol. The van der Waals surface area contributed by atoms with E-state index in [9.17, 15) is 0 Å². The third kappa shape index (κ3) is 2.97. The first-order chi connectivity index (χ1) is 15.4. The van der Waals surface area contributed by atoms with Gasteiger partial charge < -0.3 is 0 Å². The number of benzene rings is 3. The Morgan fingerprint density at radius 3 is 1.81 bits per heavy atom. The summed E-state index contributed by atoms with van der Waals surface area (Å²) in [7, 11) is 0. The van der Waals surface area contributed by atoms with Crippen LogP contribution in [0.2, 0.25) is 0 Å². The van der Waals surface area contributed by atoms with Gasteiger partial charge in [0.15, 0.2) is 0 Å². The maximum Gasteiger partial charge on any atom is 0.235 e. The molecule has 3 aromatic carbocycles. The van der Waals surface area contributed by atoms with E-state index in [2.05, 4.69) is 58.1 Å². The van der Waals surface area contributed by atoms with E-state index in [0.717, 1.165) is 44.5 Å². The zero-order valence-corrected chi connectivity index (χ0v) is 16.7. The van der Waals surface area contributed by atoms with Crippen molar-refractivity contribution in [1.29, 1.82) is 0 Å². The number of pyridine rings is 1. The molecule has 3 heterocycles. The van der Waals surface area contributed by atoms with Crippen molar-refractivity contribution in [2.24, 2.45) is 0 Å². The zero-order chi connectivity index (χ0) is 20.6. The molecule has 6 aromatic rings. The number of nitrogens with zero attached hydrogens (tertiary/aromatic N) is 4. The summed E-state index contributed by atoms with van der Waals surface area (Å²) in [6.45, 7) is 0. The van der Waals surface area contributed by atoms with E-state index in [1.807, 2.05) is 60.8 Å². The first-order valence-electron chi connectivity index (χ1n) is 10.2. The Morgan fingerprint density at radius 2 is 1.13 bits per heavy atom. The van der Waals surface area contributed by atoms with Crippen LogP contribution in [0.4, 0.5) is 0 Å². The number of rotatable bonds is 3. The van der Waals surface area contributed by atoms with Crippen LogP contribution < -0.4 is 0 Å². The van der Waals surface area contributed by atoms with Crippen molar-refractivity contribution in [2.75, 3.05) is 0 Å². The van der Waals surface area contributed by atoms with Crippen molar-refractivity contribution >= 4 is 21.9 Å². The van der Waals surface area contributed by atoms with Gasteiger partial charge in [0.25, 0.3) is 0 Å². The second-order valence-corrected chi connectivity index (χ2v) is 7.39. The molecule has 0 aliphatic heterocycles. The Kier molecular flexibility index (Phi) is 4.06. The second kappa shape index (κ2) is 7.18. The SMILES string of the molecule is c1ccc(-c2cc(-c3ccccc3)nc(-n3c4ccccc4c4ncccc43)n2)cc1. The van der Waals surface area contributed by atoms with Crippen LogP contribution in [0, 0.1) is 0 Å². The van der Waals surface area contributed by atoms with E-state index >= 15 is 0 Å². The van der Waals surface area contributed by atoms with Crippen LogP contribution in [0.15, 0.2) is 109 Å². The number of fused-ring (bicyclic) bond motifs is 3. The molecule has 6 rings (SSSR count). The zero-order valence-electron chi connectivity index (χ0n) is 16.7. The fourth-order valence-electron chi connectivity index (χ4n) is 4.05. The average Bonchev–Trinajstić information content (AvgIpc) is 3.19. The lowest BCUT2D eigenvalue weighted by Crippen LogP contribution is -2.03. The molecule has 0 fully saturated rings. The Morgan fingerprint density at radius 1 is 0.548 bits per heavy atom. The average molecular weight is 398 g/mol. The molecule has 0 N–H and O–H groups in total. The van der Waals surface area contributed by atoms with Crippen LogP contribution in [0.25, 0.3) is 50.4 Å². The van der Waals surface area contributed by atoms with E-state index in [0.29, 0.717) is 5.95 Å². The van der Waals surface area contributed by atoms with Gasteiger partial charge >= 0.3 is 0 Å². The molecule has 0 unspecified atom stereocenters. The highest BCUT2D eigenvalue weighted by molar-refractivity contribution is 6.06. The maximum atomic E-state index is 5.00. The van der Waals surface area contributed by atoms with Crippen LogP contribution in [-0.2, 0) is 0 Å². The fourth-order valence-corrected chi connectivity index (χ4v) is 4.05. The molecule has 0 aliphatic rings. The molecular formula is C27H18N4. The van der Waals surface area contributed by atoms with Gasteiger partial charge in [-0.3, -0.25) is 9.55 Å². The van der Waals surface area contributed by atoms with Gasteiger partial charge in [0.1, 0.15) is 0 Å². The summed E-state index contributed by atoms with van der Waals surface area (Å²) < 4.78 is 2.11. The number of hydrogen-bond acceptors (Lipinski definition) is 3. The minimum absolute atomic E-state index is 0.638. The number of para-hydroxylation sites is 1. The van der Waals surface area contributed by atoms with Crippen molar-refractivity contribution < 1.29 is 0 Å². The highest BCUT2D eigenvalue weighted by Gasteiger charge is 2.16. The van der Waals surface area contributed by atoms with Gasteiger partial charge in [-0.1, -0.05) is 78.9 Å². The summed E-state index contributed by atoms with van der Waals surface area (Å²) in [6.07, 6.45) is 1.83. The minimum Gasteiger partial charge on any atom is -0.276 e. The quantitative estimate of drug-likeness (QED) is 0.351. The van der Waals surface area contributed by atoms with Gasteiger partial charge in [-0.25, -0.2) is 9.97 Å². The predicted octanol–water partition coefficient (Wildman–Crippen LogP) is 6.30. The summed E-state index contributed by atoms with van der Waals surface area (Å²) in [6, 6.07) is 34.8. The molecule has 0 spiro atoms. The molecule has 0 atom stereocenters. The molecule has 0 saturated carbocycles. The lowest BCUT2D eigenvalue weighted by atomic mass is 10.1. The molecule has 0 radical (unpaired) electrons. The third-order valence-electron chi connectivity index (χ3n) is 5.48. The molecule has 0 saturated heterocycles. The van der Waals surface area contributed by atoms with Crippen LogP contribution in [-0.4, -0.2) is 19.5 Å². The second-order valence-electron chi connectivity index (χ2n) is 7.39. The molecule has 31 heavy (non-hydrogen) atoms. The molecule has 4 heteroatoms. The molecule has 0 amide bonds. The van der Waals surface area contributed by atoms with Crippen molar-refractivity contribution in [3.05, 3.63) is 109 Å². The first-order valence-corrected chi connectivity index (χ1v) is 10.2. The van der Waals surface area contributed by atoms with Gasteiger partial charge in [0.05, 0.1) is 27.9 Å². The third-order valence-corrected chi connectivity index (χ3v) is 5.48. The molecule has 4 nitrogen and oxygen atoms in total. The van der Waals surface area contributed by atoms with Crippen molar-refractivity contribution in [2.45, 2.75) is 0 Å². The summed E-state index contributed by atoms with van der Waals surface area (Å²) >= 11 is 0. The van der Waals surface area contributed by atoms with E-state index in [-0.39, 0.29) is 0 Å². The van der Waals surface area contributed by atoms with Crippen molar-refractivity contribution in [3.8, 4) is 28.5 Å². The minimum atomic E-state index is 0.638. The first kappa shape index (κ1) is 17.5. The largest absolute Gasteiger partial charge is 0.276 e. The molecule has 0 aliphatic carbocycles. The standard InChI is InChI=1S/C27H18N4/c1-3-10-19(11-4-1)22-18-23(20-12-5-2-6-13-20)30-27(29-22)31-24-15-8-7-14-21(24)26-25(31)16-9-17-28-26/h1-18H. The lowest BCUT2D eigenvalue weighted by molar-refractivity contribution is 0.994. The highest BCUT2D eigenvalue weighted by Crippen LogP contribution is 2.31. The summed E-state index contributed by atoms with van der Waals surface area (Å²) in [5.74, 6) is 0.638. The van der Waals surface area contributed by atoms with Gasteiger partial charge in [-0.15, -0.1) is 0 Å². The smallest absolute Gasteiger partial charge is 0.235 e. The van der Waals surface area contributed by atoms with E-state index in [4.69, 9.17) is 9.97 Å². The molecular weight excluding hydrogens is 380 g/mol. The topological polar surface area (TPSA) is 43.6 Å². The Bertz CT molecular complexity index is 1410. The van der Waals surface area contributed by atoms with Crippen LogP contribution in [0.5, 0.6) is 0 Å². The monoisotopic (exact) mass is 398 g/mol. The summed E-state index contributed by atoms with van der Waals surface area (Å²) in [5.41, 5.74) is 6.88. The van der Waals surface area contributed by atoms with E-state index in [1.54, 1.807) is 0 Å². The molecule has 0 bridgehead atoms. The number of hydrogen-bond donors (Lipinski definition) is 0. The van der Waals surface area contributed by atoms with E-state index in [1.165, 1.54) is 0 Å². The van der Waals surface area contributed by atoms with Crippen LogP contribution in [0.3, 0.4) is 0 Å². The van der Waals surface area contributed by atoms with Gasteiger partial charge in [0.2, 0.25) is 5.95 Å². The van der Waals surface area contributed by atoms with Gasteiger partial charge in [-0.05, 0) is 24.3 Å². The molecule has 3 aromatic heterocycles. The Hall–Kier alpha value is -4.31. The Balaban J connectivity index is 1.69. The van der Waals surface area contributed by atoms with Crippen LogP contribution >= 0.6 is 0 Å². The Labute approximate surface area is 179 Å². The summed E-state index contributed by atoms with van der Waals surface area (Å²) in [5, 5.41) is 1.09. The van der Waals surface area contributed by atoms with Crippen molar-refractivity contribution in [1.82, 2.24) is 19.5 Å². The van der Waals surface area contributed by atoms with Crippen LogP contribution in [0.1, 0.15) is 0 Å². The van der Waals surface area contributed by atoms with Gasteiger partial charge in [-0.2, -0.15) is 0 Å². The highest BCUT2D eigenvalue weighted by atomic mass is 15.2. The normalized spacial score (nSPS) is 11.2. The molecule has 146 valence electrons. The lowest BCUT2D eigenvalue weighted by Gasteiger charge is -2.11. The van der Waals surface area contributed by atoms with Gasteiger partial charge in [0, 0.05) is 22.7 Å². The van der Waals surface area contributed by atoms with E-state index < -0.39 is 0 Å². The van der Waals surface area contributed by atoms with Crippen molar-refractivity contribution in [3.63, 3.8) is 0 Å². The fraction of sp³-hybridized carbons (Fsp3) is 0. The number of aromatic nitrogens is 4. The maximum absolute atomic E-state index is 5.00. The summed E-state index contributed by atoms with van der Waals surface area (Å²) in [4.78, 5) is 14.6.